The van der Waals surface area contributed by atoms with E-state index in [4.69, 9.17) is 4.42 Å². The average Bonchev–Trinajstić information content (AvgIpc) is 3.14. The van der Waals surface area contributed by atoms with Crippen molar-refractivity contribution in [1.29, 1.82) is 0 Å². The van der Waals surface area contributed by atoms with Crippen molar-refractivity contribution in [1.82, 2.24) is 9.38 Å². The third-order valence-corrected chi connectivity index (χ3v) is 3.77. The summed E-state index contributed by atoms with van der Waals surface area (Å²) in [6, 6.07) is 15.0. The number of anilines is 2. The van der Waals surface area contributed by atoms with Gasteiger partial charge in [0.15, 0.2) is 5.76 Å². The molecule has 4 aromatic rings. The third-order valence-electron chi connectivity index (χ3n) is 3.77. The predicted molar refractivity (Wildman–Crippen MR) is 89.0 cm³/mol. The molecule has 6 heteroatoms. The first kappa shape index (κ1) is 14.3. The second-order valence-electron chi connectivity index (χ2n) is 5.44. The van der Waals surface area contributed by atoms with E-state index < -0.39 is 0 Å². The monoisotopic (exact) mass is 323 g/mol. The maximum absolute atomic E-state index is 13.1. The van der Waals surface area contributed by atoms with E-state index in [-0.39, 0.29) is 11.8 Å². The number of imidazole rings is 1. The highest BCUT2D eigenvalue weighted by Crippen LogP contribution is 2.34. The van der Waals surface area contributed by atoms with Crippen molar-refractivity contribution in [3.8, 4) is 17.4 Å². The number of aryl methyl sites for hydroxylation is 1. The Kier molecular flexibility index (Phi) is 3.23. The summed E-state index contributed by atoms with van der Waals surface area (Å²) < 4.78 is 20.4. The Hall–Kier alpha value is -3.28. The highest BCUT2D eigenvalue weighted by Gasteiger charge is 2.18. The SMILES string of the molecule is Cc1cccc2nc(-c3ccc(O)o3)c(Nc3ccc(F)cc3)n12. The van der Waals surface area contributed by atoms with E-state index in [2.05, 4.69) is 10.3 Å². The first-order chi connectivity index (χ1) is 11.6. The number of halogens is 1. The number of nitrogens with zero attached hydrogens (tertiary/aromatic N) is 2. The molecule has 5 nitrogen and oxygen atoms in total. The van der Waals surface area contributed by atoms with Crippen molar-refractivity contribution in [2.24, 2.45) is 0 Å². The van der Waals surface area contributed by atoms with Crippen LogP contribution in [-0.4, -0.2) is 14.5 Å². The van der Waals surface area contributed by atoms with Gasteiger partial charge in [-0.15, -0.1) is 0 Å². The molecule has 24 heavy (non-hydrogen) atoms. The normalized spacial score (nSPS) is 11.1. The Morgan fingerprint density at radius 1 is 1.08 bits per heavy atom. The van der Waals surface area contributed by atoms with Gasteiger partial charge in [-0.2, -0.15) is 0 Å². The van der Waals surface area contributed by atoms with Crippen LogP contribution >= 0.6 is 0 Å². The van der Waals surface area contributed by atoms with Gasteiger partial charge in [0.05, 0.1) is 0 Å². The topological polar surface area (TPSA) is 62.7 Å². The molecule has 0 amide bonds. The van der Waals surface area contributed by atoms with Gasteiger partial charge in [-0.3, -0.25) is 4.40 Å². The molecule has 2 N–H and O–H groups in total. The van der Waals surface area contributed by atoms with Gasteiger partial charge in [-0.25, -0.2) is 9.37 Å². The van der Waals surface area contributed by atoms with E-state index >= 15 is 0 Å². The first-order valence-corrected chi connectivity index (χ1v) is 7.41. The highest BCUT2D eigenvalue weighted by atomic mass is 19.1. The number of nitrogens with one attached hydrogen (secondary N) is 1. The van der Waals surface area contributed by atoms with Crippen LogP contribution in [0.15, 0.2) is 59.0 Å². The van der Waals surface area contributed by atoms with E-state index in [0.717, 1.165) is 17.0 Å². The summed E-state index contributed by atoms with van der Waals surface area (Å²) in [4.78, 5) is 4.59. The number of benzene rings is 1. The van der Waals surface area contributed by atoms with Gasteiger partial charge in [0.1, 0.15) is 23.0 Å². The molecule has 0 aliphatic carbocycles. The summed E-state index contributed by atoms with van der Waals surface area (Å²) in [6.45, 7) is 1.97. The zero-order valence-electron chi connectivity index (χ0n) is 12.8. The lowest BCUT2D eigenvalue weighted by Crippen LogP contribution is -1.99. The number of hydrogen-bond acceptors (Lipinski definition) is 4. The summed E-state index contributed by atoms with van der Waals surface area (Å²) in [6.07, 6.45) is 0. The lowest BCUT2D eigenvalue weighted by atomic mass is 10.3. The van der Waals surface area contributed by atoms with E-state index in [9.17, 15) is 9.50 Å². The Bertz CT molecular complexity index is 1020. The highest BCUT2D eigenvalue weighted by molar-refractivity contribution is 5.77. The van der Waals surface area contributed by atoms with Crippen LogP contribution in [0.4, 0.5) is 15.9 Å². The van der Waals surface area contributed by atoms with E-state index in [1.54, 1.807) is 18.2 Å². The molecular weight excluding hydrogens is 309 g/mol. The quantitative estimate of drug-likeness (QED) is 0.583. The lowest BCUT2D eigenvalue weighted by Gasteiger charge is -2.09. The molecule has 3 aromatic heterocycles. The molecule has 120 valence electrons. The summed E-state index contributed by atoms with van der Waals surface area (Å²) in [5.41, 5.74) is 3.00. The molecular formula is C18H14FN3O2. The molecule has 0 atom stereocenters. The average molecular weight is 323 g/mol. The van der Waals surface area contributed by atoms with Gasteiger partial charge in [0, 0.05) is 17.4 Å². The fourth-order valence-electron chi connectivity index (χ4n) is 2.67. The van der Waals surface area contributed by atoms with Crippen LogP contribution in [0.2, 0.25) is 0 Å². The number of aromatic hydroxyl groups is 1. The molecule has 0 bridgehead atoms. The van der Waals surface area contributed by atoms with Crippen LogP contribution in [0.3, 0.4) is 0 Å². The molecule has 1 aromatic carbocycles. The molecule has 0 fully saturated rings. The standard InChI is InChI=1S/C18H14FN3O2/c1-11-3-2-4-15-21-17(14-9-10-16(23)24-14)18(22(11)15)20-13-7-5-12(19)6-8-13/h2-10,20,23H,1H3. The number of hydrogen-bond donors (Lipinski definition) is 2. The van der Waals surface area contributed by atoms with E-state index in [0.29, 0.717) is 17.3 Å². The Morgan fingerprint density at radius 2 is 1.88 bits per heavy atom. The number of pyridine rings is 1. The molecule has 0 saturated heterocycles. The summed E-state index contributed by atoms with van der Waals surface area (Å²) >= 11 is 0. The molecule has 0 unspecified atom stereocenters. The van der Waals surface area contributed by atoms with Gasteiger partial charge in [-0.05, 0) is 49.4 Å². The van der Waals surface area contributed by atoms with Crippen LogP contribution in [0.1, 0.15) is 5.69 Å². The second kappa shape index (κ2) is 5.42. The van der Waals surface area contributed by atoms with Crippen molar-refractivity contribution >= 4 is 17.2 Å². The van der Waals surface area contributed by atoms with Crippen LogP contribution < -0.4 is 5.32 Å². The van der Waals surface area contributed by atoms with Gasteiger partial charge in [0.2, 0.25) is 0 Å². The number of furan rings is 1. The largest absolute Gasteiger partial charge is 0.481 e. The Morgan fingerprint density at radius 3 is 2.58 bits per heavy atom. The minimum absolute atomic E-state index is 0.175. The van der Waals surface area contributed by atoms with Crippen molar-refractivity contribution < 1.29 is 13.9 Å². The zero-order chi connectivity index (χ0) is 16.7. The van der Waals surface area contributed by atoms with Gasteiger partial charge in [0.25, 0.3) is 5.95 Å². The second-order valence-corrected chi connectivity index (χ2v) is 5.44. The fraction of sp³-hybridized carbons (Fsp3) is 0.0556. The zero-order valence-corrected chi connectivity index (χ0v) is 12.8. The third kappa shape index (κ3) is 2.38. The van der Waals surface area contributed by atoms with Gasteiger partial charge < -0.3 is 14.8 Å². The van der Waals surface area contributed by atoms with Crippen molar-refractivity contribution in [2.45, 2.75) is 6.92 Å². The summed E-state index contributed by atoms with van der Waals surface area (Å²) in [7, 11) is 0. The van der Waals surface area contributed by atoms with Crippen LogP contribution in [0.5, 0.6) is 5.95 Å². The number of aromatic nitrogens is 2. The van der Waals surface area contributed by atoms with Crippen LogP contribution in [-0.2, 0) is 0 Å². The maximum atomic E-state index is 13.1. The van der Waals surface area contributed by atoms with Gasteiger partial charge in [-0.1, -0.05) is 6.07 Å². The molecule has 3 heterocycles. The maximum Gasteiger partial charge on any atom is 0.282 e. The van der Waals surface area contributed by atoms with Crippen LogP contribution in [0.25, 0.3) is 17.1 Å². The lowest BCUT2D eigenvalue weighted by molar-refractivity contribution is 0.337. The van der Waals surface area contributed by atoms with Crippen LogP contribution in [0, 0.1) is 12.7 Å². The Labute approximate surface area is 137 Å². The molecule has 0 aliphatic heterocycles. The summed E-state index contributed by atoms with van der Waals surface area (Å²) in [5, 5.41) is 12.8. The molecule has 0 aliphatic rings. The minimum atomic E-state index is -0.300. The van der Waals surface area contributed by atoms with Crippen molar-refractivity contribution in [2.75, 3.05) is 5.32 Å². The minimum Gasteiger partial charge on any atom is -0.481 e. The molecule has 0 spiro atoms. The molecule has 0 saturated carbocycles. The fourth-order valence-corrected chi connectivity index (χ4v) is 2.67. The first-order valence-electron chi connectivity index (χ1n) is 7.41. The summed E-state index contributed by atoms with van der Waals surface area (Å²) in [5.74, 6) is 0.654. The molecule has 4 rings (SSSR count). The molecule has 0 radical (unpaired) electrons. The number of rotatable bonds is 3. The van der Waals surface area contributed by atoms with Crippen molar-refractivity contribution in [3.63, 3.8) is 0 Å². The predicted octanol–water partition coefficient (Wildman–Crippen LogP) is 4.49. The smallest absolute Gasteiger partial charge is 0.282 e. The van der Waals surface area contributed by atoms with E-state index in [1.165, 1.54) is 18.2 Å². The Balaban J connectivity index is 1.91. The van der Waals surface area contributed by atoms with Gasteiger partial charge >= 0.3 is 0 Å². The van der Waals surface area contributed by atoms with Crippen molar-refractivity contribution in [3.05, 3.63) is 66.1 Å². The number of fused-ring (bicyclic) bond motifs is 1. The van der Waals surface area contributed by atoms with E-state index in [1.807, 2.05) is 29.5 Å².